The fourth-order valence-corrected chi connectivity index (χ4v) is 4.66. The second kappa shape index (κ2) is 7.06. The Morgan fingerprint density at radius 1 is 0.656 bits per heavy atom. The maximum atomic E-state index is 6.36. The van der Waals surface area contributed by atoms with Crippen molar-refractivity contribution in [3.05, 3.63) is 114 Å². The van der Waals surface area contributed by atoms with E-state index in [4.69, 9.17) is 9.40 Å². The van der Waals surface area contributed by atoms with Gasteiger partial charge in [0.25, 0.3) is 0 Å². The predicted octanol–water partition coefficient (Wildman–Crippen LogP) is 8.13. The van der Waals surface area contributed by atoms with Gasteiger partial charge in [0.05, 0.1) is 11.4 Å². The van der Waals surface area contributed by atoms with Crippen molar-refractivity contribution in [2.24, 2.45) is 0 Å². The second-order valence-corrected chi connectivity index (χ2v) is 8.85. The molecular formula is C30H23NO. The number of benzene rings is 4. The van der Waals surface area contributed by atoms with Gasteiger partial charge in [-0.15, -0.1) is 0 Å². The molecule has 32 heavy (non-hydrogen) atoms. The van der Waals surface area contributed by atoms with Crippen LogP contribution in [0.15, 0.2) is 108 Å². The van der Waals surface area contributed by atoms with E-state index in [1.807, 2.05) is 12.1 Å². The molecule has 0 fully saturated rings. The van der Waals surface area contributed by atoms with Gasteiger partial charge in [-0.05, 0) is 29.1 Å². The maximum Gasteiger partial charge on any atom is 0.144 e. The normalized spacial score (nSPS) is 12.1. The molecule has 0 aliphatic rings. The quantitative estimate of drug-likeness (QED) is 0.293. The SMILES string of the molecule is CC(C)(c1ccccc1)c1cc2ccccc2c(-c2cccc3c2oc2ccccc23)n1. The lowest BCUT2D eigenvalue weighted by atomic mass is 9.80. The van der Waals surface area contributed by atoms with E-state index in [0.29, 0.717) is 0 Å². The number of hydrogen-bond donors (Lipinski definition) is 0. The van der Waals surface area contributed by atoms with Gasteiger partial charge in [0.2, 0.25) is 0 Å². The van der Waals surface area contributed by atoms with Crippen molar-refractivity contribution < 1.29 is 4.42 Å². The zero-order valence-corrected chi connectivity index (χ0v) is 18.2. The van der Waals surface area contributed by atoms with E-state index in [2.05, 4.69) is 105 Å². The molecule has 2 nitrogen and oxygen atoms in total. The number of aromatic nitrogens is 1. The summed E-state index contributed by atoms with van der Waals surface area (Å²) in [6.07, 6.45) is 0. The van der Waals surface area contributed by atoms with Crippen LogP contribution < -0.4 is 0 Å². The lowest BCUT2D eigenvalue weighted by Gasteiger charge is -2.26. The molecule has 2 heteroatoms. The highest BCUT2D eigenvalue weighted by Gasteiger charge is 2.26. The van der Waals surface area contributed by atoms with Gasteiger partial charge < -0.3 is 4.42 Å². The Morgan fingerprint density at radius 2 is 1.34 bits per heavy atom. The average molecular weight is 414 g/mol. The summed E-state index contributed by atoms with van der Waals surface area (Å²) in [6.45, 7) is 4.48. The van der Waals surface area contributed by atoms with Crippen molar-refractivity contribution in [3.63, 3.8) is 0 Å². The Balaban J connectivity index is 1.67. The van der Waals surface area contributed by atoms with E-state index in [9.17, 15) is 0 Å². The highest BCUT2D eigenvalue weighted by atomic mass is 16.3. The third-order valence-electron chi connectivity index (χ3n) is 6.54. The number of para-hydroxylation sites is 2. The molecule has 0 unspecified atom stereocenters. The molecule has 4 aromatic carbocycles. The van der Waals surface area contributed by atoms with E-state index in [0.717, 1.165) is 44.3 Å². The Kier molecular flexibility index (Phi) is 4.16. The molecule has 0 bridgehead atoms. The van der Waals surface area contributed by atoms with Gasteiger partial charge in [-0.3, -0.25) is 4.98 Å². The molecule has 6 rings (SSSR count). The lowest BCUT2D eigenvalue weighted by Crippen LogP contribution is -2.20. The summed E-state index contributed by atoms with van der Waals surface area (Å²) < 4.78 is 6.36. The second-order valence-electron chi connectivity index (χ2n) is 8.85. The highest BCUT2D eigenvalue weighted by molar-refractivity contribution is 6.11. The van der Waals surface area contributed by atoms with Crippen LogP contribution in [-0.2, 0) is 5.41 Å². The monoisotopic (exact) mass is 413 g/mol. The van der Waals surface area contributed by atoms with Gasteiger partial charge in [-0.1, -0.05) is 98.8 Å². The van der Waals surface area contributed by atoms with Crippen molar-refractivity contribution >= 4 is 32.7 Å². The molecule has 0 amide bonds. The highest BCUT2D eigenvalue weighted by Crippen LogP contribution is 2.40. The van der Waals surface area contributed by atoms with E-state index in [1.165, 1.54) is 10.9 Å². The Labute approximate surface area is 187 Å². The summed E-state index contributed by atoms with van der Waals surface area (Å²) in [5.74, 6) is 0. The molecule has 0 spiro atoms. The van der Waals surface area contributed by atoms with Crippen LogP contribution >= 0.6 is 0 Å². The first kappa shape index (κ1) is 18.8. The average Bonchev–Trinajstić information content (AvgIpc) is 3.23. The molecule has 0 aliphatic heterocycles. The van der Waals surface area contributed by atoms with Gasteiger partial charge in [0.1, 0.15) is 11.2 Å². The lowest BCUT2D eigenvalue weighted by molar-refractivity contribution is 0.619. The van der Waals surface area contributed by atoms with Gasteiger partial charge in [-0.25, -0.2) is 0 Å². The minimum atomic E-state index is -0.234. The van der Waals surface area contributed by atoms with Gasteiger partial charge in [-0.2, -0.15) is 0 Å². The zero-order valence-electron chi connectivity index (χ0n) is 18.2. The van der Waals surface area contributed by atoms with Crippen molar-refractivity contribution in [2.45, 2.75) is 19.3 Å². The van der Waals surface area contributed by atoms with Crippen molar-refractivity contribution in [1.29, 1.82) is 0 Å². The Morgan fingerprint density at radius 3 is 2.19 bits per heavy atom. The van der Waals surface area contributed by atoms with Crippen LogP contribution in [0.3, 0.4) is 0 Å². The third-order valence-corrected chi connectivity index (χ3v) is 6.54. The first-order chi connectivity index (χ1) is 15.6. The van der Waals surface area contributed by atoms with Crippen LogP contribution in [0.25, 0.3) is 44.0 Å². The summed E-state index contributed by atoms with van der Waals surface area (Å²) in [5.41, 5.74) is 5.84. The molecule has 0 saturated heterocycles. The standard InChI is InChI=1S/C30H23NO/c1-30(2,21-12-4-3-5-13-21)27-19-20-11-6-7-14-22(20)28(31-27)25-17-10-16-24-23-15-8-9-18-26(23)32-29(24)25/h3-19H,1-2H3. The molecule has 0 atom stereocenters. The van der Waals surface area contributed by atoms with E-state index in [-0.39, 0.29) is 5.41 Å². The number of rotatable bonds is 3. The fraction of sp³-hybridized carbons (Fsp3) is 0.100. The number of furan rings is 1. The largest absolute Gasteiger partial charge is 0.455 e. The van der Waals surface area contributed by atoms with Crippen molar-refractivity contribution in [2.75, 3.05) is 0 Å². The third kappa shape index (κ3) is 2.84. The summed E-state index contributed by atoms with van der Waals surface area (Å²) in [5, 5.41) is 4.57. The molecule has 6 aromatic rings. The van der Waals surface area contributed by atoms with Gasteiger partial charge in [0.15, 0.2) is 0 Å². The number of fused-ring (bicyclic) bond motifs is 4. The Hall–Kier alpha value is -3.91. The molecule has 154 valence electrons. The van der Waals surface area contributed by atoms with Crippen LogP contribution in [0.2, 0.25) is 0 Å². The topological polar surface area (TPSA) is 26.0 Å². The van der Waals surface area contributed by atoms with Crippen molar-refractivity contribution in [1.82, 2.24) is 4.98 Å². The Bertz CT molecular complexity index is 1590. The minimum Gasteiger partial charge on any atom is -0.455 e. The molecule has 0 aliphatic carbocycles. The molecule has 0 saturated carbocycles. The molecule has 0 N–H and O–H groups in total. The minimum absolute atomic E-state index is 0.234. The fourth-order valence-electron chi connectivity index (χ4n) is 4.66. The summed E-state index contributed by atoms with van der Waals surface area (Å²) in [4.78, 5) is 5.28. The van der Waals surface area contributed by atoms with Crippen molar-refractivity contribution in [3.8, 4) is 11.3 Å². The maximum absolute atomic E-state index is 6.36. The van der Waals surface area contributed by atoms with E-state index in [1.54, 1.807) is 0 Å². The summed E-state index contributed by atoms with van der Waals surface area (Å²) in [6, 6.07) is 35.9. The number of nitrogens with zero attached hydrogens (tertiary/aromatic N) is 1. The first-order valence-corrected chi connectivity index (χ1v) is 11.0. The molecule has 2 heterocycles. The predicted molar refractivity (Wildman–Crippen MR) is 133 cm³/mol. The molecule has 2 aromatic heterocycles. The van der Waals surface area contributed by atoms with Crippen LogP contribution in [0, 0.1) is 0 Å². The number of pyridine rings is 1. The molecule has 0 radical (unpaired) electrons. The smallest absolute Gasteiger partial charge is 0.144 e. The van der Waals surface area contributed by atoms with Crippen LogP contribution in [0.4, 0.5) is 0 Å². The number of hydrogen-bond acceptors (Lipinski definition) is 2. The summed E-state index contributed by atoms with van der Waals surface area (Å²) in [7, 11) is 0. The van der Waals surface area contributed by atoms with Gasteiger partial charge in [0, 0.05) is 27.1 Å². The summed E-state index contributed by atoms with van der Waals surface area (Å²) >= 11 is 0. The molecular weight excluding hydrogens is 390 g/mol. The van der Waals surface area contributed by atoms with Crippen LogP contribution in [-0.4, -0.2) is 4.98 Å². The van der Waals surface area contributed by atoms with Crippen LogP contribution in [0.1, 0.15) is 25.1 Å². The van der Waals surface area contributed by atoms with Crippen LogP contribution in [0.5, 0.6) is 0 Å². The first-order valence-electron chi connectivity index (χ1n) is 11.0. The zero-order chi connectivity index (χ0) is 21.7. The van der Waals surface area contributed by atoms with E-state index >= 15 is 0 Å². The van der Waals surface area contributed by atoms with Gasteiger partial charge >= 0.3 is 0 Å². The van der Waals surface area contributed by atoms with E-state index < -0.39 is 0 Å².